The zero-order valence-corrected chi connectivity index (χ0v) is 16.9. The Balaban J connectivity index is 1.72. The maximum Gasteiger partial charge on any atom is 0.240 e. The first-order chi connectivity index (χ1) is 12.8. The van der Waals surface area contributed by atoms with Crippen molar-refractivity contribution >= 4 is 19.9 Å². The number of nitrogens with zero attached hydrogens (tertiary/aromatic N) is 1. The SMILES string of the molecule is CS(=O)(=O)c1ccc(S(=O)(=O)NCc2ccccc2CN2CCCC2)cc1. The molecule has 1 N–H and O–H groups in total. The molecular weight excluding hydrogens is 384 g/mol. The average molecular weight is 409 g/mol. The third kappa shape index (κ3) is 5.16. The van der Waals surface area contributed by atoms with Gasteiger partial charge in [-0.3, -0.25) is 4.90 Å². The third-order valence-corrected chi connectivity index (χ3v) is 7.27. The number of nitrogens with one attached hydrogen (secondary N) is 1. The van der Waals surface area contributed by atoms with Crippen molar-refractivity contribution < 1.29 is 16.8 Å². The summed E-state index contributed by atoms with van der Waals surface area (Å²) in [5.74, 6) is 0. The number of sulfonamides is 1. The van der Waals surface area contributed by atoms with Crippen LogP contribution in [0, 0.1) is 0 Å². The molecule has 2 aromatic rings. The Morgan fingerprint density at radius 1 is 0.852 bits per heavy atom. The zero-order chi connectivity index (χ0) is 19.5. The molecule has 6 nitrogen and oxygen atoms in total. The highest BCUT2D eigenvalue weighted by Crippen LogP contribution is 2.18. The molecule has 1 saturated heterocycles. The normalized spacial score (nSPS) is 15.9. The van der Waals surface area contributed by atoms with Crippen molar-refractivity contribution in [3.8, 4) is 0 Å². The van der Waals surface area contributed by atoms with Crippen LogP contribution in [0.15, 0.2) is 58.3 Å². The summed E-state index contributed by atoms with van der Waals surface area (Å²) < 4.78 is 50.8. The van der Waals surface area contributed by atoms with Gasteiger partial charge in [-0.1, -0.05) is 24.3 Å². The van der Waals surface area contributed by atoms with Crippen LogP contribution < -0.4 is 4.72 Å². The van der Waals surface area contributed by atoms with Gasteiger partial charge in [0.15, 0.2) is 9.84 Å². The summed E-state index contributed by atoms with van der Waals surface area (Å²) in [5, 5.41) is 0. The van der Waals surface area contributed by atoms with Crippen molar-refractivity contribution in [1.29, 1.82) is 0 Å². The van der Waals surface area contributed by atoms with Gasteiger partial charge in [-0.05, 0) is 61.3 Å². The molecule has 27 heavy (non-hydrogen) atoms. The predicted molar refractivity (Wildman–Crippen MR) is 105 cm³/mol. The topological polar surface area (TPSA) is 83.5 Å². The lowest BCUT2D eigenvalue weighted by Gasteiger charge is -2.17. The minimum Gasteiger partial charge on any atom is -0.299 e. The van der Waals surface area contributed by atoms with Gasteiger partial charge in [0.25, 0.3) is 0 Å². The van der Waals surface area contributed by atoms with Gasteiger partial charge in [0, 0.05) is 19.3 Å². The molecule has 3 rings (SSSR count). The molecule has 1 aliphatic rings. The van der Waals surface area contributed by atoms with Crippen LogP contribution in [0.4, 0.5) is 0 Å². The Kier molecular flexibility index (Phi) is 6.00. The number of hydrogen-bond donors (Lipinski definition) is 1. The van der Waals surface area contributed by atoms with Crippen molar-refractivity contribution in [2.45, 2.75) is 35.7 Å². The second-order valence-corrected chi connectivity index (χ2v) is 10.6. The second kappa shape index (κ2) is 8.10. The van der Waals surface area contributed by atoms with Gasteiger partial charge in [-0.15, -0.1) is 0 Å². The number of rotatable bonds is 7. The molecule has 0 aliphatic carbocycles. The summed E-state index contributed by atoms with van der Waals surface area (Å²) in [5.41, 5.74) is 2.07. The number of sulfone groups is 1. The van der Waals surface area contributed by atoms with Gasteiger partial charge in [0.2, 0.25) is 10.0 Å². The average Bonchev–Trinajstić information content (AvgIpc) is 3.13. The van der Waals surface area contributed by atoms with Gasteiger partial charge >= 0.3 is 0 Å². The molecule has 0 radical (unpaired) electrons. The summed E-state index contributed by atoms with van der Waals surface area (Å²) in [4.78, 5) is 2.52. The van der Waals surface area contributed by atoms with Crippen LogP contribution in [0.5, 0.6) is 0 Å². The fourth-order valence-corrected chi connectivity index (χ4v) is 4.82. The summed E-state index contributed by atoms with van der Waals surface area (Å²) in [7, 11) is -7.08. The molecule has 0 saturated carbocycles. The van der Waals surface area contributed by atoms with Crippen molar-refractivity contribution in [3.63, 3.8) is 0 Å². The minimum atomic E-state index is -3.72. The van der Waals surface area contributed by atoms with E-state index in [1.165, 1.54) is 37.1 Å². The summed E-state index contributed by atoms with van der Waals surface area (Å²) in [6, 6.07) is 13.1. The molecule has 146 valence electrons. The molecule has 0 aromatic heterocycles. The quantitative estimate of drug-likeness (QED) is 0.759. The molecule has 2 aromatic carbocycles. The van der Waals surface area contributed by atoms with Crippen molar-refractivity contribution in [2.75, 3.05) is 19.3 Å². The molecular formula is C19H24N2O4S2. The zero-order valence-electron chi connectivity index (χ0n) is 15.3. The highest BCUT2D eigenvalue weighted by Gasteiger charge is 2.17. The van der Waals surface area contributed by atoms with E-state index >= 15 is 0 Å². The monoisotopic (exact) mass is 408 g/mol. The summed E-state index contributed by atoms with van der Waals surface area (Å²) in [6.45, 7) is 3.17. The molecule has 0 bridgehead atoms. The van der Waals surface area contributed by atoms with Gasteiger partial charge in [0.05, 0.1) is 9.79 Å². The van der Waals surface area contributed by atoms with E-state index in [1.807, 2.05) is 24.3 Å². The smallest absolute Gasteiger partial charge is 0.240 e. The standard InChI is InChI=1S/C19H24N2O4S2/c1-26(22,23)18-8-10-19(11-9-18)27(24,25)20-14-16-6-2-3-7-17(16)15-21-12-4-5-13-21/h2-3,6-11,20H,4-5,12-15H2,1H3. The lowest BCUT2D eigenvalue weighted by molar-refractivity contribution is 0.330. The Hall–Kier alpha value is -1.74. The van der Waals surface area contributed by atoms with Gasteiger partial charge < -0.3 is 0 Å². The van der Waals surface area contributed by atoms with Crippen molar-refractivity contribution in [2.24, 2.45) is 0 Å². The molecule has 0 spiro atoms. The Labute approximate surface area is 161 Å². The van der Waals surface area contributed by atoms with Crippen LogP contribution in [0.25, 0.3) is 0 Å². The van der Waals surface area contributed by atoms with E-state index in [-0.39, 0.29) is 16.3 Å². The lowest BCUT2D eigenvalue weighted by atomic mass is 10.1. The van der Waals surface area contributed by atoms with E-state index in [4.69, 9.17) is 0 Å². The molecule has 1 heterocycles. The number of benzene rings is 2. The van der Waals surface area contributed by atoms with E-state index < -0.39 is 19.9 Å². The van der Waals surface area contributed by atoms with Crippen LogP contribution >= 0.6 is 0 Å². The molecule has 0 amide bonds. The van der Waals surface area contributed by atoms with E-state index in [2.05, 4.69) is 9.62 Å². The van der Waals surface area contributed by atoms with Crippen LogP contribution in [0.2, 0.25) is 0 Å². The summed E-state index contributed by atoms with van der Waals surface area (Å²) in [6.07, 6.45) is 3.50. The minimum absolute atomic E-state index is 0.0481. The highest BCUT2D eigenvalue weighted by molar-refractivity contribution is 7.90. The van der Waals surface area contributed by atoms with E-state index in [1.54, 1.807) is 0 Å². The predicted octanol–water partition coefficient (Wildman–Crippen LogP) is 2.16. The third-order valence-electron chi connectivity index (χ3n) is 4.73. The molecule has 0 unspecified atom stereocenters. The maximum atomic E-state index is 12.6. The molecule has 1 aliphatic heterocycles. The van der Waals surface area contributed by atoms with E-state index in [0.717, 1.165) is 37.0 Å². The number of hydrogen-bond acceptors (Lipinski definition) is 5. The second-order valence-electron chi connectivity index (χ2n) is 6.82. The van der Waals surface area contributed by atoms with Crippen LogP contribution in [0.1, 0.15) is 24.0 Å². The Morgan fingerprint density at radius 2 is 1.41 bits per heavy atom. The maximum absolute atomic E-state index is 12.6. The number of likely N-dealkylation sites (tertiary alicyclic amines) is 1. The van der Waals surface area contributed by atoms with Gasteiger partial charge in [-0.25, -0.2) is 21.6 Å². The fourth-order valence-electron chi connectivity index (χ4n) is 3.19. The van der Waals surface area contributed by atoms with Crippen molar-refractivity contribution in [3.05, 3.63) is 59.7 Å². The van der Waals surface area contributed by atoms with Gasteiger partial charge in [0.1, 0.15) is 0 Å². The van der Waals surface area contributed by atoms with Crippen molar-refractivity contribution in [1.82, 2.24) is 9.62 Å². The first-order valence-corrected chi connectivity index (χ1v) is 12.2. The Morgan fingerprint density at radius 3 is 2.00 bits per heavy atom. The van der Waals surface area contributed by atoms with Crippen LogP contribution in [0.3, 0.4) is 0 Å². The van der Waals surface area contributed by atoms with E-state index in [0.29, 0.717) is 0 Å². The highest BCUT2D eigenvalue weighted by atomic mass is 32.2. The Bertz CT molecular complexity index is 994. The van der Waals surface area contributed by atoms with Gasteiger partial charge in [-0.2, -0.15) is 0 Å². The first kappa shape index (κ1) is 20.0. The van der Waals surface area contributed by atoms with Crippen LogP contribution in [-0.2, 0) is 33.0 Å². The van der Waals surface area contributed by atoms with Crippen LogP contribution in [-0.4, -0.2) is 41.1 Å². The molecule has 1 fully saturated rings. The molecule has 0 atom stereocenters. The lowest BCUT2D eigenvalue weighted by Crippen LogP contribution is -2.25. The first-order valence-electron chi connectivity index (χ1n) is 8.85. The summed E-state index contributed by atoms with van der Waals surface area (Å²) >= 11 is 0. The largest absolute Gasteiger partial charge is 0.299 e. The van der Waals surface area contributed by atoms with E-state index in [9.17, 15) is 16.8 Å². The molecule has 8 heteroatoms. The fraction of sp³-hybridized carbons (Fsp3) is 0.368.